The highest BCUT2D eigenvalue weighted by Crippen LogP contribution is 2.48. The van der Waals surface area contributed by atoms with E-state index in [4.69, 9.17) is 29.0 Å². The van der Waals surface area contributed by atoms with Gasteiger partial charge in [0.25, 0.3) is 0 Å². The lowest BCUT2D eigenvalue weighted by Gasteiger charge is -2.27. The Hall–Kier alpha value is -4.63. The number of carbonyl (C=O) groups is 1. The van der Waals surface area contributed by atoms with Crippen molar-refractivity contribution in [3.8, 4) is 11.6 Å². The number of esters is 1. The Morgan fingerprint density at radius 3 is 2.58 bits per heavy atom. The summed E-state index contributed by atoms with van der Waals surface area (Å²) in [5.41, 5.74) is 5.25. The molecule has 3 aromatic carbocycles. The summed E-state index contributed by atoms with van der Waals surface area (Å²) >= 11 is 0. The number of nitrogens with zero attached hydrogens (tertiary/aromatic N) is 4. The molecule has 16 heteroatoms. The van der Waals surface area contributed by atoms with Crippen LogP contribution < -0.4 is 20.1 Å². The largest absolute Gasteiger partial charge is 0.476 e. The van der Waals surface area contributed by atoms with Gasteiger partial charge in [-0.15, -0.1) is 0 Å². The Morgan fingerprint density at radius 1 is 1.10 bits per heavy atom. The van der Waals surface area contributed by atoms with Crippen molar-refractivity contribution in [1.82, 2.24) is 24.6 Å². The van der Waals surface area contributed by atoms with Gasteiger partial charge >= 0.3 is 13.7 Å². The molecule has 0 bridgehead atoms. The minimum atomic E-state index is -4.43. The van der Waals surface area contributed by atoms with E-state index in [0.29, 0.717) is 12.0 Å². The van der Waals surface area contributed by atoms with Crippen LogP contribution in [0.5, 0.6) is 11.6 Å². The fraction of sp³-hybridized carbons (Fsp3) is 0.353. The highest BCUT2D eigenvalue weighted by atomic mass is 31.2. The number of hydrogen-bond acceptors (Lipinski definition) is 13. The molecular weight excluding hydrogens is 667 g/mol. The molecule has 15 nitrogen and oxygen atoms in total. The van der Waals surface area contributed by atoms with E-state index < -0.39 is 56.5 Å². The molecule has 5 aromatic rings. The molecule has 1 aliphatic rings. The third-order valence-corrected chi connectivity index (χ3v) is 9.97. The smallest absolute Gasteiger partial charge is 0.459 e. The summed E-state index contributed by atoms with van der Waals surface area (Å²) in [4.78, 5) is 25.8. The summed E-state index contributed by atoms with van der Waals surface area (Å²) < 4.78 is 45.1. The first-order valence-electron chi connectivity index (χ1n) is 16.0. The molecule has 0 saturated carbocycles. The number of nitrogens with one attached hydrogen (secondary N) is 1. The van der Waals surface area contributed by atoms with Gasteiger partial charge in [0.1, 0.15) is 35.7 Å². The van der Waals surface area contributed by atoms with Gasteiger partial charge in [0.15, 0.2) is 17.4 Å². The first kappa shape index (κ1) is 35.2. The molecule has 0 aliphatic carbocycles. The second-order valence-electron chi connectivity index (χ2n) is 12.0. The maximum Gasteiger partial charge on any atom is 0.459 e. The third-order valence-electron chi connectivity index (χ3n) is 8.34. The van der Waals surface area contributed by atoms with Crippen LogP contribution in [0.4, 0.5) is 5.95 Å². The molecule has 1 saturated heterocycles. The van der Waals surface area contributed by atoms with Gasteiger partial charge < -0.3 is 34.7 Å². The van der Waals surface area contributed by atoms with Crippen molar-refractivity contribution < 1.29 is 42.8 Å². The highest BCUT2D eigenvalue weighted by Gasteiger charge is 2.54. The summed E-state index contributed by atoms with van der Waals surface area (Å²) in [6, 6.07) is 20.6. The quantitative estimate of drug-likeness (QED) is 0.0987. The van der Waals surface area contributed by atoms with Crippen LogP contribution in [-0.4, -0.2) is 72.8 Å². The molecule has 6 rings (SSSR count). The van der Waals surface area contributed by atoms with E-state index in [9.17, 15) is 19.6 Å². The summed E-state index contributed by atoms with van der Waals surface area (Å²) in [7, 11) is -4.43. The Bertz CT molecular complexity index is 2020. The summed E-state index contributed by atoms with van der Waals surface area (Å²) in [5, 5.41) is 26.9. The first-order valence-corrected chi connectivity index (χ1v) is 17.6. The van der Waals surface area contributed by atoms with Crippen molar-refractivity contribution in [2.24, 2.45) is 0 Å². The van der Waals surface area contributed by atoms with E-state index in [0.717, 1.165) is 10.9 Å². The van der Waals surface area contributed by atoms with Gasteiger partial charge in [0, 0.05) is 5.39 Å². The van der Waals surface area contributed by atoms with Crippen molar-refractivity contribution in [1.29, 1.82) is 0 Å². The zero-order valence-electron chi connectivity index (χ0n) is 27.9. The van der Waals surface area contributed by atoms with Crippen molar-refractivity contribution in [3.05, 3.63) is 84.7 Å². The Labute approximate surface area is 287 Å². The number of benzene rings is 3. The molecule has 50 heavy (non-hydrogen) atoms. The van der Waals surface area contributed by atoms with E-state index in [1.165, 1.54) is 24.7 Å². The van der Waals surface area contributed by atoms with E-state index in [1.54, 1.807) is 38.1 Å². The first-order chi connectivity index (χ1) is 23.9. The zero-order chi connectivity index (χ0) is 35.6. The van der Waals surface area contributed by atoms with Crippen LogP contribution in [-0.2, 0) is 23.4 Å². The van der Waals surface area contributed by atoms with Crippen molar-refractivity contribution in [2.75, 3.05) is 18.9 Å². The monoisotopic (exact) mass is 706 g/mol. The lowest BCUT2D eigenvalue weighted by molar-refractivity contribution is -0.150. The predicted octanol–water partition coefficient (Wildman–Crippen LogP) is 4.46. The number of imidazole rings is 1. The highest BCUT2D eigenvalue weighted by molar-refractivity contribution is 7.52. The number of fused-ring (bicyclic) bond motifs is 2. The molecule has 264 valence electrons. The van der Waals surface area contributed by atoms with Gasteiger partial charge in [-0.1, -0.05) is 66.7 Å². The number of anilines is 1. The molecule has 0 radical (unpaired) electrons. The number of ether oxygens (including phenoxy) is 3. The fourth-order valence-electron chi connectivity index (χ4n) is 5.72. The van der Waals surface area contributed by atoms with Crippen LogP contribution in [0.15, 0.2) is 79.1 Å². The number of aliphatic hydroxyl groups is 2. The van der Waals surface area contributed by atoms with E-state index in [1.807, 2.05) is 48.5 Å². The molecule has 1 fully saturated rings. The molecule has 0 spiro atoms. The summed E-state index contributed by atoms with van der Waals surface area (Å²) in [6.45, 7) is 6.12. The van der Waals surface area contributed by atoms with Gasteiger partial charge in [-0.3, -0.25) is 13.9 Å². The van der Waals surface area contributed by atoms with Gasteiger partial charge in [0.05, 0.1) is 19.5 Å². The van der Waals surface area contributed by atoms with Crippen LogP contribution in [0.1, 0.15) is 45.6 Å². The van der Waals surface area contributed by atoms with Crippen LogP contribution in [0.25, 0.3) is 21.9 Å². The molecule has 5 N–H and O–H groups in total. The van der Waals surface area contributed by atoms with Gasteiger partial charge in [-0.2, -0.15) is 15.1 Å². The number of nitrogens with two attached hydrogens (primary N) is 1. The van der Waals surface area contributed by atoms with Crippen LogP contribution in [0.3, 0.4) is 0 Å². The van der Waals surface area contributed by atoms with Crippen molar-refractivity contribution in [2.45, 2.75) is 63.9 Å². The van der Waals surface area contributed by atoms with Crippen LogP contribution >= 0.6 is 7.75 Å². The Kier molecular flexibility index (Phi) is 10.1. The molecular formula is C34H39N6O9P. The lowest BCUT2D eigenvalue weighted by Crippen LogP contribution is -2.44. The number of aliphatic hydroxyl groups excluding tert-OH is 1. The van der Waals surface area contributed by atoms with Gasteiger partial charge in [-0.05, 0) is 44.7 Å². The van der Waals surface area contributed by atoms with E-state index in [-0.39, 0.29) is 28.7 Å². The van der Waals surface area contributed by atoms with E-state index >= 15 is 0 Å². The number of nitrogen functional groups attached to an aromatic ring is 1. The number of aromatic nitrogens is 4. The minimum Gasteiger partial charge on any atom is -0.476 e. The standard InChI is InChI=1S/C34H39N6O9P/c1-5-45-30-27-29(37-33(35)38-30)40(19-36-27)32-34(4,43)28(41)26(48-32)18-46-50(44,49-25-17-11-15-23-14-9-10-16-24(23)25)39-20(2)31(42)47-21(3)22-12-7-6-8-13-22/h6-17,19-21,26,28,32,41,43H,5,18H2,1-4H3,(H,39,44)(H2,35,37,38). The van der Waals surface area contributed by atoms with Gasteiger partial charge in [0.2, 0.25) is 11.8 Å². The summed E-state index contributed by atoms with van der Waals surface area (Å²) in [6.07, 6.45) is -3.24. The topological polar surface area (TPSA) is 202 Å². The Balaban J connectivity index is 1.25. The number of carbonyl (C=O) groups excluding carboxylic acids is 1. The van der Waals surface area contributed by atoms with Crippen LogP contribution in [0, 0.1) is 0 Å². The lowest BCUT2D eigenvalue weighted by atomic mass is 9.96. The molecule has 0 amide bonds. The van der Waals surface area contributed by atoms with Crippen LogP contribution in [0.2, 0.25) is 0 Å². The van der Waals surface area contributed by atoms with Crippen molar-refractivity contribution in [3.63, 3.8) is 0 Å². The number of rotatable bonds is 13. The average molecular weight is 707 g/mol. The third kappa shape index (κ3) is 7.15. The summed E-state index contributed by atoms with van der Waals surface area (Å²) in [5.74, 6) is -0.423. The minimum absolute atomic E-state index is 0.0934. The van der Waals surface area contributed by atoms with Gasteiger partial charge in [-0.25, -0.2) is 9.55 Å². The maximum absolute atomic E-state index is 14.5. The second-order valence-corrected chi connectivity index (χ2v) is 13.7. The van der Waals surface area contributed by atoms with Crippen molar-refractivity contribution >= 4 is 41.6 Å². The zero-order valence-corrected chi connectivity index (χ0v) is 28.8. The Morgan fingerprint density at radius 2 is 1.82 bits per heavy atom. The predicted molar refractivity (Wildman–Crippen MR) is 183 cm³/mol. The second kappa shape index (κ2) is 14.3. The molecule has 2 aromatic heterocycles. The fourth-order valence-corrected chi connectivity index (χ4v) is 7.24. The molecule has 7 unspecified atom stereocenters. The SMILES string of the molecule is CCOc1nc(N)nc2c1ncn2C1OC(COP(=O)(NC(C)C(=O)OC(C)c2ccccc2)Oc2cccc3ccccc23)C(O)C1(C)O. The van der Waals surface area contributed by atoms with E-state index in [2.05, 4.69) is 20.0 Å². The molecule has 1 aliphatic heterocycles. The molecule has 3 heterocycles. The molecule has 7 atom stereocenters. The maximum atomic E-state index is 14.5. The number of hydrogen-bond donors (Lipinski definition) is 4. The normalized spacial score (nSPS) is 23.0. The average Bonchev–Trinajstić information content (AvgIpc) is 3.61.